The maximum absolute atomic E-state index is 12.5. The highest BCUT2D eigenvalue weighted by Crippen LogP contribution is 2.31. The minimum atomic E-state index is -0.277. The normalized spacial score (nSPS) is 10.0. The Bertz CT molecular complexity index is 777. The zero-order valence-corrected chi connectivity index (χ0v) is 15.6. The molecular formula is C17H17IN2O4. The maximum atomic E-state index is 12.5. The molecule has 6 nitrogen and oxygen atoms in total. The van der Waals surface area contributed by atoms with Crippen LogP contribution in [0.3, 0.4) is 0 Å². The fourth-order valence-electron chi connectivity index (χ4n) is 2.10. The summed E-state index contributed by atoms with van der Waals surface area (Å²) in [5, 5.41) is 5.48. The number of carbonyl (C=O) groups excluding carboxylic acids is 2. The lowest BCUT2D eigenvalue weighted by Crippen LogP contribution is -2.14. The van der Waals surface area contributed by atoms with Gasteiger partial charge in [0.05, 0.1) is 19.8 Å². The number of nitrogens with one attached hydrogen (secondary N) is 2. The Labute approximate surface area is 153 Å². The summed E-state index contributed by atoms with van der Waals surface area (Å²) < 4.78 is 11.2. The van der Waals surface area contributed by atoms with Gasteiger partial charge >= 0.3 is 0 Å². The van der Waals surface area contributed by atoms with Gasteiger partial charge in [-0.05, 0) is 52.9 Å². The molecule has 0 saturated heterocycles. The first kappa shape index (κ1) is 18.1. The number of ether oxygens (including phenoxy) is 2. The van der Waals surface area contributed by atoms with E-state index in [0.717, 1.165) is 3.57 Å². The van der Waals surface area contributed by atoms with Crippen LogP contribution in [0.2, 0.25) is 0 Å². The molecule has 126 valence electrons. The molecule has 2 rings (SSSR count). The third kappa shape index (κ3) is 4.38. The summed E-state index contributed by atoms with van der Waals surface area (Å²) in [7, 11) is 3.06. The highest BCUT2D eigenvalue weighted by molar-refractivity contribution is 14.1. The Morgan fingerprint density at radius 2 is 1.54 bits per heavy atom. The Morgan fingerprint density at radius 1 is 0.958 bits per heavy atom. The molecule has 0 aliphatic rings. The van der Waals surface area contributed by atoms with Crippen molar-refractivity contribution in [1.82, 2.24) is 0 Å². The van der Waals surface area contributed by atoms with E-state index in [1.165, 1.54) is 14.0 Å². The van der Waals surface area contributed by atoms with Gasteiger partial charge in [0.2, 0.25) is 5.91 Å². The van der Waals surface area contributed by atoms with Crippen molar-refractivity contribution >= 4 is 45.8 Å². The predicted molar refractivity (Wildman–Crippen MR) is 101 cm³/mol. The molecule has 0 aliphatic carbocycles. The van der Waals surface area contributed by atoms with Crippen molar-refractivity contribution in [2.45, 2.75) is 6.92 Å². The lowest BCUT2D eigenvalue weighted by atomic mass is 10.1. The van der Waals surface area contributed by atoms with Crippen LogP contribution < -0.4 is 20.1 Å². The Hall–Kier alpha value is -2.29. The topological polar surface area (TPSA) is 76.7 Å². The van der Waals surface area contributed by atoms with E-state index in [1.54, 1.807) is 43.5 Å². The van der Waals surface area contributed by atoms with Gasteiger partial charge in [0.25, 0.3) is 5.91 Å². The van der Waals surface area contributed by atoms with Crippen LogP contribution in [0.5, 0.6) is 11.5 Å². The number of rotatable bonds is 5. The number of hydrogen-bond acceptors (Lipinski definition) is 4. The van der Waals surface area contributed by atoms with Crippen LogP contribution in [0.25, 0.3) is 0 Å². The summed E-state index contributed by atoms with van der Waals surface area (Å²) >= 11 is 2.07. The highest BCUT2D eigenvalue weighted by Gasteiger charge is 2.16. The summed E-state index contributed by atoms with van der Waals surface area (Å²) in [4.78, 5) is 23.7. The molecule has 24 heavy (non-hydrogen) atoms. The molecule has 0 spiro atoms. The number of carbonyl (C=O) groups is 2. The SMILES string of the molecule is COc1cc(I)c(C(=O)Nc2cccc(NC(C)=O)c2)cc1OC. The molecule has 0 aromatic heterocycles. The largest absolute Gasteiger partial charge is 0.493 e. The van der Waals surface area contributed by atoms with E-state index >= 15 is 0 Å². The predicted octanol–water partition coefficient (Wildman–Crippen LogP) is 3.52. The molecular weight excluding hydrogens is 423 g/mol. The average Bonchev–Trinajstić information content (AvgIpc) is 2.54. The quantitative estimate of drug-likeness (QED) is 0.698. The lowest BCUT2D eigenvalue weighted by Gasteiger charge is -2.12. The zero-order chi connectivity index (χ0) is 17.7. The Kier molecular flexibility index (Phi) is 6.02. The van der Waals surface area contributed by atoms with Gasteiger partial charge in [-0.15, -0.1) is 0 Å². The van der Waals surface area contributed by atoms with Gasteiger partial charge in [-0.25, -0.2) is 0 Å². The average molecular weight is 440 g/mol. The van der Waals surface area contributed by atoms with Crippen LogP contribution in [-0.4, -0.2) is 26.0 Å². The van der Waals surface area contributed by atoms with E-state index < -0.39 is 0 Å². The molecule has 7 heteroatoms. The van der Waals surface area contributed by atoms with E-state index in [4.69, 9.17) is 9.47 Å². The standard InChI is InChI=1S/C17H17IN2O4/c1-10(21)19-11-5-4-6-12(7-11)20-17(22)13-8-15(23-2)16(24-3)9-14(13)18/h4-9H,1-3H3,(H,19,21)(H,20,22). The Balaban J connectivity index is 2.25. The van der Waals surface area contributed by atoms with Crippen molar-refractivity contribution in [3.05, 3.63) is 45.5 Å². The highest BCUT2D eigenvalue weighted by atomic mass is 127. The van der Waals surface area contributed by atoms with Gasteiger partial charge in [0, 0.05) is 21.9 Å². The number of benzene rings is 2. The van der Waals surface area contributed by atoms with Gasteiger partial charge in [0.1, 0.15) is 0 Å². The first-order valence-corrected chi connectivity index (χ1v) is 8.13. The fraction of sp³-hybridized carbons (Fsp3) is 0.176. The molecule has 2 aromatic carbocycles. The first-order valence-electron chi connectivity index (χ1n) is 7.05. The molecule has 0 atom stereocenters. The number of amides is 2. The zero-order valence-electron chi connectivity index (χ0n) is 13.5. The molecule has 2 N–H and O–H groups in total. The van der Waals surface area contributed by atoms with Gasteiger partial charge in [-0.2, -0.15) is 0 Å². The van der Waals surface area contributed by atoms with Crippen molar-refractivity contribution in [1.29, 1.82) is 0 Å². The number of anilines is 2. The summed E-state index contributed by atoms with van der Waals surface area (Å²) in [6.45, 7) is 1.43. The third-order valence-electron chi connectivity index (χ3n) is 3.16. The molecule has 0 heterocycles. The van der Waals surface area contributed by atoms with Crippen molar-refractivity contribution in [2.75, 3.05) is 24.9 Å². The number of methoxy groups -OCH3 is 2. The van der Waals surface area contributed by atoms with E-state index in [9.17, 15) is 9.59 Å². The summed E-state index contributed by atoms with van der Waals surface area (Å²) in [5.74, 6) is 0.592. The van der Waals surface area contributed by atoms with Crippen molar-refractivity contribution in [2.24, 2.45) is 0 Å². The van der Waals surface area contributed by atoms with Crippen LogP contribution in [0.15, 0.2) is 36.4 Å². The van der Waals surface area contributed by atoms with E-state index in [0.29, 0.717) is 28.4 Å². The van der Waals surface area contributed by atoms with Crippen LogP contribution in [-0.2, 0) is 4.79 Å². The molecule has 2 aromatic rings. The van der Waals surface area contributed by atoms with Gasteiger partial charge in [0.15, 0.2) is 11.5 Å². The number of halogens is 1. The lowest BCUT2D eigenvalue weighted by molar-refractivity contribution is -0.114. The minimum Gasteiger partial charge on any atom is -0.493 e. The molecule has 0 aliphatic heterocycles. The second-order valence-corrected chi connectivity index (χ2v) is 6.07. The van der Waals surface area contributed by atoms with E-state index in [1.807, 2.05) is 0 Å². The maximum Gasteiger partial charge on any atom is 0.256 e. The van der Waals surface area contributed by atoms with Crippen molar-refractivity contribution in [3.8, 4) is 11.5 Å². The van der Waals surface area contributed by atoms with Crippen LogP contribution in [0, 0.1) is 3.57 Å². The number of hydrogen-bond donors (Lipinski definition) is 2. The molecule has 2 amide bonds. The fourth-order valence-corrected chi connectivity index (χ4v) is 2.79. The molecule has 0 unspecified atom stereocenters. The summed E-state index contributed by atoms with van der Waals surface area (Å²) in [6.07, 6.45) is 0. The summed E-state index contributed by atoms with van der Waals surface area (Å²) in [5.41, 5.74) is 1.66. The van der Waals surface area contributed by atoms with Crippen LogP contribution in [0.1, 0.15) is 17.3 Å². The Morgan fingerprint density at radius 3 is 2.12 bits per heavy atom. The van der Waals surface area contributed by atoms with Crippen LogP contribution in [0.4, 0.5) is 11.4 Å². The van der Waals surface area contributed by atoms with Gasteiger partial charge in [-0.3, -0.25) is 9.59 Å². The minimum absolute atomic E-state index is 0.173. The van der Waals surface area contributed by atoms with Gasteiger partial charge < -0.3 is 20.1 Å². The van der Waals surface area contributed by atoms with Crippen molar-refractivity contribution < 1.29 is 19.1 Å². The molecule has 0 bridgehead atoms. The van der Waals surface area contributed by atoms with E-state index in [2.05, 4.69) is 33.2 Å². The summed E-state index contributed by atoms with van der Waals surface area (Å²) in [6, 6.07) is 10.3. The first-order chi connectivity index (χ1) is 11.4. The van der Waals surface area contributed by atoms with Crippen LogP contribution >= 0.6 is 22.6 Å². The smallest absolute Gasteiger partial charge is 0.256 e. The third-order valence-corrected chi connectivity index (χ3v) is 4.05. The monoisotopic (exact) mass is 440 g/mol. The van der Waals surface area contributed by atoms with Gasteiger partial charge in [-0.1, -0.05) is 6.07 Å². The molecule has 0 radical (unpaired) electrons. The van der Waals surface area contributed by atoms with E-state index in [-0.39, 0.29) is 11.8 Å². The second kappa shape index (κ2) is 8.00. The second-order valence-electron chi connectivity index (χ2n) is 4.90. The van der Waals surface area contributed by atoms with Crippen molar-refractivity contribution in [3.63, 3.8) is 0 Å². The molecule has 0 saturated carbocycles. The molecule has 0 fully saturated rings.